The molecule has 0 spiro atoms. The topological polar surface area (TPSA) is 69.1 Å². The number of carbonyl (C=O) groups is 1. The number of allylic oxidation sites excluding steroid dienone is 1. The Morgan fingerprint density at radius 3 is 2.42 bits per heavy atom. The van der Waals surface area contributed by atoms with Gasteiger partial charge < -0.3 is 11.5 Å². The lowest BCUT2D eigenvalue weighted by Crippen LogP contribution is -2.31. The molecule has 0 aliphatic rings. The Kier molecular flexibility index (Phi) is 5.37. The predicted octanol–water partition coefficient (Wildman–Crippen LogP) is 0.935. The number of rotatable bonds is 5. The third kappa shape index (κ3) is 3.53. The van der Waals surface area contributed by atoms with Crippen molar-refractivity contribution < 1.29 is 4.79 Å². The minimum atomic E-state index is -0.391. The van der Waals surface area contributed by atoms with Crippen LogP contribution < -0.4 is 11.5 Å². The van der Waals surface area contributed by atoms with Gasteiger partial charge in [-0.05, 0) is 12.8 Å². The highest BCUT2D eigenvalue weighted by Crippen LogP contribution is 2.06. The van der Waals surface area contributed by atoms with E-state index in [0.717, 1.165) is 19.3 Å². The molecule has 0 aromatic heterocycles. The fraction of sp³-hybridized carbons (Fsp3) is 0.667. The highest BCUT2D eigenvalue weighted by molar-refractivity contribution is 5.93. The van der Waals surface area contributed by atoms with Crippen molar-refractivity contribution >= 4 is 5.91 Å². The van der Waals surface area contributed by atoms with Gasteiger partial charge in [0.05, 0.1) is 0 Å². The molecule has 0 radical (unpaired) electrons. The summed E-state index contributed by atoms with van der Waals surface area (Å²) < 4.78 is 0. The maximum Gasteiger partial charge on any atom is 0.245 e. The minimum absolute atomic E-state index is 0.188. The van der Waals surface area contributed by atoms with E-state index in [2.05, 4.69) is 0 Å². The van der Waals surface area contributed by atoms with Crippen LogP contribution in [-0.4, -0.2) is 11.9 Å². The molecule has 0 saturated heterocycles. The van der Waals surface area contributed by atoms with E-state index in [9.17, 15) is 4.79 Å². The molecule has 0 aliphatic carbocycles. The van der Waals surface area contributed by atoms with Crippen LogP contribution in [0.25, 0.3) is 0 Å². The van der Waals surface area contributed by atoms with Crippen LogP contribution in [0.15, 0.2) is 11.6 Å². The van der Waals surface area contributed by atoms with Gasteiger partial charge >= 0.3 is 0 Å². The smallest absolute Gasteiger partial charge is 0.245 e. The number of nitrogens with two attached hydrogens (primary N) is 2. The normalized spacial score (nSPS) is 14.4. The molecule has 0 aromatic carbocycles. The molecule has 12 heavy (non-hydrogen) atoms. The van der Waals surface area contributed by atoms with Crippen molar-refractivity contribution in [1.29, 1.82) is 0 Å². The van der Waals surface area contributed by atoms with Crippen molar-refractivity contribution in [3.05, 3.63) is 11.6 Å². The lowest BCUT2D eigenvalue weighted by molar-refractivity contribution is -0.114. The van der Waals surface area contributed by atoms with E-state index in [4.69, 9.17) is 11.5 Å². The zero-order chi connectivity index (χ0) is 9.56. The molecule has 0 saturated carbocycles. The van der Waals surface area contributed by atoms with Crippen LogP contribution in [0.4, 0.5) is 0 Å². The van der Waals surface area contributed by atoms with Crippen LogP contribution in [0.1, 0.15) is 33.1 Å². The first-order valence-electron chi connectivity index (χ1n) is 4.38. The lowest BCUT2D eigenvalue weighted by atomic mass is 10.0. The monoisotopic (exact) mass is 170 g/mol. The fourth-order valence-electron chi connectivity index (χ4n) is 1.12. The zero-order valence-corrected chi connectivity index (χ0v) is 7.84. The van der Waals surface area contributed by atoms with Crippen LogP contribution in [0.2, 0.25) is 0 Å². The van der Waals surface area contributed by atoms with E-state index in [1.165, 1.54) is 0 Å². The molecule has 4 N–H and O–H groups in total. The largest absolute Gasteiger partial charge is 0.366 e. The number of hydrogen-bond donors (Lipinski definition) is 2. The second-order valence-corrected chi connectivity index (χ2v) is 2.83. The van der Waals surface area contributed by atoms with Crippen molar-refractivity contribution in [1.82, 2.24) is 0 Å². The van der Waals surface area contributed by atoms with Gasteiger partial charge in [-0.25, -0.2) is 0 Å². The molecule has 0 aliphatic heterocycles. The van der Waals surface area contributed by atoms with Gasteiger partial charge in [-0.15, -0.1) is 0 Å². The molecule has 1 amide bonds. The Balaban J connectivity index is 4.30. The average molecular weight is 170 g/mol. The van der Waals surface area contributed by atoms with Gasteiger partial charge in [0.15, 0.2) is 0 Å². The second-order valence-electron chi connectivity index (χ2n) is 2.83. The molecule has 0 fully saturated rings. The second kappa shape index (κ2) is 5.77. The van der Waals surface area contributed by atoms with Gasteiger partial charge in [-0.1, -0.05) is 26.3 Å². The van der Waals surface area contributed by atoms with Crippen LogP contribution in [0.5, 0.6) is 0 Å². The maximum absolute atomic E-state index is 10.9. The summed E-state index contributed by atoms with van der Waals surface area (Å²) in [5, 5.41) is 0. The molecule has 1 atom stereocenters. The standard InChI is InChI=1S/C9H18N2O/c1-3-5-7(9(11)12)8(10)6-4-2/h5,8H,3-4,6,10H2,1-2H3,(H2,11,12). The summed E-state index contributed by atoms with van der Waals surface area (Å²) in [6.07, 6.45) is 4.39. The van der Waals surface area contributed by atoms with Gasteiger partial charge in [-0.2, -0.15) is 0 Å². The fourth-order valence-corrected chi connectivity index (χ4v) is 1.12. The molecule has 1 unspecified atom stereocenters. The predicted molar refractivity (Wildman–Crippen MR) is 50.5 cm³/mol. The van der Waals surface area contributed by atoms with E-state index in [1.807, 2.05) is 19.9 Å². The van der Waals surface area contributed by atoms with Crippen molar-refractivity contribution in [3.63, 3.8) is 0 Å². The summed E-state index contributed by atoms with van der Waals surface area (Å²) in [7, 11) is 0. The van der Waals surface area contributed by atoms with Crippen molar-refractivity contribution in [3.8, 4) is 0 Å². The summed E-state index contributed by atoms with van der Waals surface area (Å²) in [5.74, 6) is -0.391. The third-order valence-electron chi connectivity index (χ3n) is 1.71. The summed E-state index contributed by atoms with van der Waals surface area (Å²) >= 11 is 0. The number of carbonyl (C=O) groups excluding carboxylic acids is 1. The highest BCUT2D eigenvalue weighted by atomic mass is 16.1. The molecule has 0 aromatic rings. The van der Waals surface area contributed by atoms with Crippen LogP contribution in [0.3, 0.4) is 0 Å². The first-order chi connectivity index (χ1) is 5.63. The van der Waals surface area contributed by atoms with Crippen LogP contribution in [-0.2, 0) is 4.79 Å². The van der Waals surface area contributed by atoms with Crippen molar-refractivity contribution in [2.24, 2.45) is 11.5 Å². The van der Waals surface area contributed by atoms with Crippen LogP contribution in [0, 0.1) is 0 Å². The van der Waals surface area contributed by atoms with Gasteiger partial charge in [0, 0.05) is 11.6 Å². The highest BCUT2D eigenvalue weighted by Gasteiger charge is 2.12. The Hall–Kier alpha value is -0.830. The first kappa shape index (κ1) is 11.2. The Morgan fingerprint density at radius 2 is 2.08 bits per heavy atom. The van der Waals surface area contributed by atoms with Crippen LogP contribution >= 0.6 is 0 Å². The SMILES string of the molecule is CCC=C(C(N)=O)C(N)CCC. The zero-order valence-electron chi connectivity index (χ0n) is 7.84. The quantitative estimate of drug-likeness (QED) is 0.603. The molecule has 3 heteroatoms. The Labute approximate surface area is 73.8 Å². The van der Waals surface area contributed by atoms with Gasteiger partial charge in [0.25, 0.3) is 0 Å². The first-order valence-corrected chi connectivity index (χ1v) is 4.38. The van der Waals surface area contributed by atoms with E-state index < -0.39 is 5.91 Å². The molecular weight excluding hydrogens is 152 g/mol. The molecule has 70 valence electrons. The summed E-state index contributed by atoms with van der Waals surface area (Å²) in [4.78, 5) is 10.9. The molecule has 3 nitrogen and oxygen atoms in total. The molecule has 0 heterocycles. The molecular formula is C9H18N2O. The third-order valence-corrected chi connectivity index (χ3v) is 1.71. The minimum Gasteiger partial charge on any atom is -0.366 e. The summed E-state index contributed by atoms with van der Waals surface area (Å²) in [6.45, 7) is 3.99. The van der Waals surface area contributed by atoms with E-state index >= 15 is 0 Å². The number of hydrogen-bond acceptors (Lipinski definition) is 2. The van der Waals surface area contributed by atoms with Crippen molar-refractivity contribution in [2.45, 2.75) is 39.2 Å². The number of amides is 1. The lowest BCUT2D eigenvalue weighted by Gasteiger charge is -2.11. The Morgan fingerprint density at radius 1 is 1.50 bits per heavy atom. The molecule has 0 bridgehead atoms. The van der Waals surface area contributed by atoms with Gasteiger partial charge in [0.2, 0.25) is 5.91 Å². The van der Waals surface area contributed by atoms with E-state index in [1.54, 1.807) is 0 Å². The van der Waals surface area contributed by atoms with E-state index in [-0.39, 0.29) is 6.04 Å². The van der Waals surface area contributed by atoms with E-state index in [0.29, 0.717) is 5.57 Å². The summed E-state index contributed by atoms with van der Waals surface area (Å²) in [6, 6.07) is -0.188. The van der Waals surface area contributed by atoms with Gasteiger partial charge in [0.1, 0.15) is 0 Å². The van der Waals surface area contributed by atoms with Gasteiger partial charge in [-0.3, -0.25) is 4.79 Å². The average Bonchev–Trinajstić information content (AvgIpc) is 1.99. The Bertz CT molecular complexity index is 175. The van der Waals surface area contributed by atoms with Crippen molar-refractivity contribution in [2.75, 3.05) is 0 Å². The number of primary amides is 1. The maximum atomic E-state index is 10.9. The molecule has 0 rings (SSSR count). The summed E-state index contributed by atoms with van der Waals surface area (Å²) in [5.41, 5.74) is 11.5.